The molecule has 23 heavy (non-hydrogen) atoms. The first-order valence-electron chi connectivity index (χ1n) is 8.49. The van der Waals surface area contributed by atoms with Gasteiger partial charge in [-0.1, -0.05) is 45.7 Å². The lowest BCUT2D eigenvalue weighted by atomic mass is 10.0. The van der Waals surface area contributed by atoms with E-state index in [2.05, 4.69) is 20.8 Å². The van der Waals surface area contributed by atoms with Crippen molar-refractivity contribution in [2.45, 2.75) is 65.4 Å². The van der Waals surface area contributed by atoms with Crippen LogP contribution in [0.2, 0.25) is 0 Å². The van der Waals surface area contributed by atoms with E-state index in [4.69, 9.17) is 4.74 Å². The van der Waals surface area contributed by atoms with Gasteiger partial charge < -0.3 is 9.84 Å². The summed E-state index contributed by atoms with van der Waals surface area (Å²) in [5, 5.41) is 9.19. The highest BCUT2D eigenvalue weighted by atomic mass is 16.5. The molecule has 0 aliphatic heterocycles. The van der Waals surface area contributed by atoms with Crippen molar-refractivity contribution in [2.24, 2.45) is 5.92 Å². The molecule has 0 heterocycles. The van der Waals surface area contributed by atoms with E-state index in [-0.39, 0.29) is 17.2 Å². The minimum Gasteiger partial charge on any atom is -0.478 e. The van der Waals surface area contributed by atoms with Gasteiger partial charge in [0.05, 0.1) is 11.1 Å². The summed E-state index contributed by atoms with van der Waals surface area (Å²) in [5.74, 6) is -1.09. The van der Waals surface area contributed by atoms with Gasteiger partial charge in [0.15, 0.2) is 0 Å². The normalized spacial score (nSPS) is 12.2. The quantitative estimate of drug-likeness (QED) is 0.490. The van der Waals surface area contributed by atoms with Crippen molar-refractivity contribution in [3.8, 4) is 0 Å². The molecule has 0 aromatic heterocycles. The lowest BCUT2D eigenvalue weighted by Gasteiger charge is -2.19. The van der Waals surface area contributed by atoms with Crippen LogP contribution < -0.4 is 0 Å². The zero-order valence-electron chi connectivity index (χ0n) is 14.4. The van der Waals surface area contributed by atoms with Gasteiger partial charge in [-0.05, 0) is 43.7 Å². The standard InChI is InChI=1S/C19H28O4/c1-4-5-6-9-15(13-12-14(2)3)23-19(22)17-11-8-7-10-16(17)18(20)21/h7-8,10-11,14-15H,4-6,9,12-13H2,1-3H3,(H,20,21). The van der Waals surface area contributed by atoms with Gasteiger partial charge in [0.25, 0.3) is 0 Å². The maximum absolute atomic E-state index is 12.4. The molecule has 0 aliphatic carbocycles. The average Bonchev–Trinajstić information content (AvgIpc) is 2.52. The summed E-state index contributed by atoms with van der Waals surface area (Å²) in [7, 11) is 0. The molecule has 0 saturated carbocycles. The monoisotopic (exact) mass is 320 g/mol. The van der Waals surface area contributed by atoms with Crippen LogP contribution in [0.25, 0.3) is 0 Å². The third kappa shape index (κ3) is 6.85. The molecule has 1 rings (SSSR count). The van der Waals surface area contributed by atoms with Gasteiger partial charge in [-0.25, -0.2) is 9.59 Å². The molecule has 4 heteroatoms. The lowest BCUT2D eigenvalue weighted by Crippen LogP contribution is -2.21. The molecule has 0 spiro atoms. The van der Waals surface area contributed by atoms with Crippen molar-refractivity contribution in [3.63, 3.8) is 0 Å². The third-order valence-corrected chi connectivity index (χ3v) is 3.85. The van der Waals surface area contributed by atoms with Crippen LogP contribution in [0.3, 0.4) is 0 Å². The van der Waals surface area contributed by atoms with Crippen LogP contribution in [0, 0.1) is 5.92 Å². The first kappa shape index (κ1) is 19.2. The highest BCUT2D eigenvalue weighted by Gasteiger charge is 2.21. The van der Waals surface area contributed by atoms with Gasteiger partial charge in [0.2, 0.25) is 0 Å². The Bertz CT molecular complexity index is 508. The molecule has 1 atom stereocenters. The molecule has 4 nitrogen and oxygen atoms in total. The van der Waals surface area contributed by atoms with Crippen molar-refractivity contribution in [2.75, 3.05) is 0 Å². The molecular weight excluding hydrogens is 292 g/mol. The summed E-state index contributed by atoms with van der Waals surface area (Å²) in [5.41, 5.74) is 0.124. The van der Waals surface area contributed by atoms with Gasteiger partial charge in [0, 0.05) is 0 Å². The van der Waals surface area contributed by atoms with Gasteiger partial charge in [-0.15, -0.1) is 0 Å². The molecule has 0 fully saturated rings. The summed E-state index contributed by atoms with van der Waals surface area (Å²) >= 11 is 0. The predicted molar refractivity (Wildman–Crippen MR) is 90.8 cm³/mol. The van der Waals surface area contributed by atoms with E-state index in [0.717, 1.165) is 38.5 Å². The Morgan fingerprint density at radius 2 is 1.70 bits per heavy atom. The number of carboxylic acid groups (broad SMARTS) is 1. The van der Waals surface area contributed by atoms with Crippen LogP contribution in [0.1, 0.15) is 80.0 Å². The number of ether oxygens (including phenoxy) is 1. The molecule has 0 bridgehead atoms. The van der Waals surface area contributed by atoms with Gasteiger partial charge in [-0.2, -0.15) is 0 Å². The van der Waals surface area contributed by atoms with Crippen molar-refractivity contribution in [1.82, 2.24) is 0 Å². The average molecular weight is 320 g/mol. The Morgan fingerprint density at radius 3 is 2.26 bits per heavy atom. The van der Waals surface area contributed by atoms with Gasteiger partial charge >= 0.3 is 11.9 Å². The molecule has 0 radical (unpaired) electrons. The fourth-order valence-electron chi connectivity index (χ4n) is 2.47. The number of rotatable bonds is 10. The number of unbranched alkanes of at least 4 members (excludes halogenated alkanes) is 2. The summed E-state index contributed by atoms with van der Waals surface area (Å²) in [6.45, 7) is 6.42. The van der Waals surface area contributed by atoms with Crippen LogP contribution in [0.4, 0.5) is 0 Å². The number of carbonyl (C=O) groups is 2. The molecule has 128 valence electrons. The Morgan fingerprint density at radius 1 is 1.04 bits per heavy atom. The minimum atomic E-state index is -1.11. The Balaban J connectivity index is 2.76. The Kier molecular flexibility index (Phi) is 8.38. The van der Waals surface area contributed by atoms with Crippen LogP contribution in [-0.4, -0.2) is 23.1 Å². The van der Waals surface area contributed by atoms with Crippen molar-refractivity contribution < 1.29 is 19.4 Å². The SMILES string of the molecule is CCCCCC(CCC(C)C)OC(=O)c1ccccc1C(=O)O. The summed E-state index contributed by atoms with van der Waals surface area (Å²) in [4.78, 5) is 23.6. The minimum absolute atomic E-state index is 0.00586. The molecule has 0 amide bonds. The van der Waals surface area contributed by atoms with E-state index in [1.165, 1.54) is 12.1 Å². The highest BCUT2D eigenvalue weighted by molar-refractivity contribution is 6.02. The third-order valence-electron chi connectivity index (χ3n) is 3.85. The van der Waals surface area contributed by atoms with Crippen LogP contribution in [-0.2, 0) is 4.74 Å². The van der Waals surface area contributed by atoms with Crippen LogP contribution in [0.15, 0.2) is 24.3 Å². The van der Waals surface area contributed by atoms with E-state index in [1.807, 2.05) is 0 Å². The Hall–Kier alpha value is -1.84. The van der Waals surface area contributed by atoms with E-state index in [0.29, 0.717) is 5.92 Å². The Labute approximate surface area is 138 Å². The number of esters is 1. The van der Waals surface area contributed by atoms with E-state index < -0.39 is 11.9 Å². The molecular formula is C19H28O4. The highest BCUT2D eigenvalue weighted by Crippen LogP contribution is 2.19. The number of carboxylic acids is 1. The van der Waals surface area contributed by atoms with Crippen molar-refractivity contribution >= 4 is 11.9 Å². The lowest BCUT2D eigenvalue weighted by molar-refractivity contribution is 0.0238. The molecule has 1 unspecified atom stereocenters. The zero-order valence-corrected chi connectivity index (χ0v) is 14.4. The van der Waals surface area contributed by atoms with Crippen LogP contribution >= 0.6 is 0 Å². The number of benzene rings is 1. The maximum atomic E-state index is 12.4. The van der Waals surface area contributed by atoms with E-state index in [9.17, 15) is 14.7 Å². The summed E-state index contributed by atoms with van der Waals surface area (Å²) < 4.78 is 5.62. The second-order valence-electron chi connectivity index (χ2n) is 6.35. The number of carbonyl (C=O) groups excluding carboxylic acids is 1. The summed E-state index contributed by atoms with van der Waals surface area (Å²) in [6.07, 6.45) is 5.76. The van der Waals surface area contributed by atoms with Gasteiger partial charge in [-0.3, -0.25) is 0 Å². The largest absolute Gasteiger partial charge is 0.478 e. The second kappa shape index (κ2) is 10.0. The smallest absolute Gasteiger partial charge is 0.339 e. The predicted octanol–water partition coefficient (Wildman–Crippen LogP) is 4.93. The zero-order chi connectivity index (χ0) is 17.2. The van der Waals surface area contributed by atoms with Crippen LogP contribution in [0.5, 0.6) is 0 Å². The van der Waals surface area contributed by atoms with E-state index >= 15 is 0 Å². The molecule has 0 saturated heterocycles. The fourth-order valence-corrected chi connectivity index (χ4v) is 2.47. The first-order chi connectivity index (χ1) is 11.0. The molecule has 1 aromatic rings. The molecule has 1 N–H and O–H groups in total. The van der Waals surface area contributed by atoms with E-state index in [1.54, 1.807) is 12.1 Å². The van der Waals surface area contributed by atoms with Crippen molar-refractivity contribution in [3.05, 3.63) is 35.4 Å². The topological polar surface area (TPSA) is 63.6 Å². The fraction of sp³-hybridized carbons (Fsp3) is 0.579. The number of hydrogen-bond donors (Lipinski definition) is 1. The number of aromatic carboxylic acids is 1. The summed E-state index contributed by atoms with van der Waals surface area (Å²) in [6, 6.07) is 6.21. The molecule has 0 aliphatic rings. The van der Waals surface area contributed by atoms with Gasteiger partial charge in [0.1, 0.15) is 6.10 Å². The first-order valence-corrected chi connectivity index (χ1v) is 8.49. The van der Waals surface area contributed by atoms with Crippen molar-refractivity contribution in [1.29, 1.82) is 0 Å². The second-order valence-corrected chi connectivity index (χ2v) is 6.35. The number of hydrogen-bond acceptors (Lipinski definition) is 3. The molecule has 1 aromatic carbocycles. The maximum Gasteiger partial charge on any atom is 0.339 e.